The van der Waals surface area contributed by atoms with E-state index in [0.29, 0.717) is 0 Å². The quantitative estimate of drug-likeness (QED) is 0.490. The molecule has 1 nitrogen and oxygen atoms in total. The molecule has 0 aliphatic heterocycles. The topological polar surface area (TPSA) is 17.1 Å². The standard InChI is InChI=1S/C10H16OS/c1-7-5-4-6-10(2,3)8(7)9(11)12/h5,8H,4,6H2,1-3H3,(H,11,12)/t8-/m1/s1. The minimum Gasteiger partial charge on any atom is -0.287 e. The Labute approximate surface area is 79.6 Å². The molecule has 2 heteroatoms. The zero-order chi connectivity index (χ0) is 9.35. The predicted octanol–water partition coefficient (Wildman–Crippen LogP) is 2.83. The van der Waals surface area contributed by atoms with Gasteiger partial charge in [0.15, 0.2) is 5.12 Å². The molecule has 0 fully saturated rings. The van der Waals surface area contributed by atoms with Gasteiger partial charge < -0.3 is 0 Å². The van der Waals surface area contributed by atoms with Crippen molar-refractivity contribution >= 4 is 17.7 Å². The lowest BCUT2D eigenvalue weighted by molar-refractivity contribution is -0.116. The summed E-state index contributed by atoms with van der Waals surface area (Å²) in [5.41, 5.74) is 1.28. The van der Waals surface area contributed by atoms with Crippen LogP contribution in [-0.4, -0.2) is 5.12 Å². The summed E-state index contributed by atoms with van der Waals surface area (Å²) >= 11 is 3.93. The first kappa shape index (κ1) is 9.85. The largest absolute Gasteiger partial charge is 0.287 e. The third kappa shape index (κ3) is 1.74. The van der Waals surface area contributed by atoms with Gasteiger partial charge in [0.1, 0.15) is 0 Å². The molecule has 0 saturated carbocycles. The molecular formula is C10H16OS. The van der Waals surface area contributed by atoms with Crippen molar-refractivity contribution in [3.63, 3.8) is 0 Å². The second-order valence-electron chi connectivity index (χ2n) is 4.25. The Balaban J connectivity index is 2.96. The summed E-state index contributed by atoms with van der Waals surface area (Å²) in [6.07, 6.45) is 4.34. The van der Waals surface area contributed by atoms with E-state index in [-0.39, 0.29) is 16.4 Å². The zero-order valence-corrected chi connectivity index (χ0v) is 8.82. The number of thiol groups is 1. The van der Waals surface area contributed by atoms with Gasteiger partial charge in [-0.3, -0.25) is 4.79 Å². The number of carbonyl (C=O) groups is 1. The number of hydrogen-bond donors (Lipinski definition) is 1. The van der Waals surface area contributed by atoms with Crippen LogP contribution < -0.4 is 0 Å². The number of allylic oxidation sites excluding steroid dienone is 2. The van der Waals surface area contributed by atoms with Crippen LogP contribution in [0.2, 0.25) is 0 Å². The lowest BCUT2D eigenvalue weighted by Gasteiger charge is -2.36. The summed E-state index contributed by atoms with van der Waals surface area (Å²) in [4.78, 5) is 11.2. The van der Waals surface area contributed by atoms with Crippen LogP contribution in [0.5, 0.6) is 0 Å². The van der Waals surface area contributed by atoms with E-state index in [9.17, 15) is 4.79 Å². The van der Waals surface area contributed by atoms with Crippen molar-refractivity contribution in [2.24, 2.45) is 11.3 Å². The van der Waals surface area contributed by atoms with Crippen molar-refractivity contribution in [2.45, 2.75) is 33.6 Å². The number of rotatable bonds is 1. The summed E-state index contributed by atoms with van der Waals surface area (Å²) in [6, 6.07) is 0. The Morgan fingerprint density at radius 3 is 2.58 bits per heavy atom. The summed E-state index contributed by atoms with van der Waals surface area (Å²) in [6.45, 7) is 6.31. The van der Waals surface area contributed by atoms with Crippen LogP contribution in [0.15, 0.2) is 11.6 Å². The molecule has 0 aromatic heterocycles. The van der Waals surface area contributed by atoms with Crippen molar-refractivity contribution in [2.75, 3.05) is 0 Å². The fourth-order valence-electron chi connectivity index (χ4n) is 2.08. The van der Waals surface area contributed by atoms with Gasteiger partial charge in [-0.1, -0.05) is 25.5 Å². The van der Waals surface area contributed by atoms with Crippen LogP contribution in [0.4, 0.5) is 0 Å². The molecule has 0 aromatic carbocycles. The molecule has 0 unspecified atom stereocenters. The molecule has 0 saturated heterocycles. The van der Waals surface area contributed by atoms with Crippen LogP contribution in [0, 0.1) is 11.3 Å². The highest BCUT2D eigenvalue weighted by Gasteiger charge is 2.36. The van der Waals surface area contributed by atoms with Crippen LogP contribution in [0.1, 0.15) is 33.6 Å². The van der Waals surface area contributed by atoms with E-state index in [1.54, 1.807) is 0 Å². The Hall–Kier alpha value is -0.240. The molecule has 1 aliphatic rings. The fraction of sp³-hybridized carbons (Fsp3) is 0.700. The lowest BCUT2D eigenvalue weighted by atomic mass is 9.69. The first-order valence-electron chi connectivity index (χ1n) is 4.34. The summed E-state index contributed by atoms with van der Waals surface area (Å²) in [7, 11) is 0. The van der Waals surface area contributed by atoms with Gasteiger partial charge in [-0.15, -0.1) is 12.6 Å². The normalized spacial score (nSPS) is 28.0. The fourth-order valence-corrected chi connectivity index (χ4v) is 2.63. The maximum Gasteiger partial charge on any atom is 0.193 e. The molecule has 0 N–H and O–H groups in total. The SMILES string of the molecule is CC1=CCCC(C)(C)[C@H]1C(=O)S. The smallest absolute Gasteiger partial charge is 0.193 e. The van der Waals surface area contributed by atoms with Gasteiger partial charge in [0.2, 0.25) is 0 Å². The van der Waals surface area contributed by atoms with Crippen molar-refractivity contribution in [3.8, 4) is 0 Å². The predicted molar refractivity (Wildman–Crippen MR) is 54.3 cm³/mol. The molecule has 0 radical (unpaired) electrons. The average molecular weight is 184 g/mol. The van der Waals surface area contributed by atoms with Crippen molar-refractivity contribution in [3.05, 3.63) is 11.6 Å². The van der Waals surface area contributed by atoms with Crippen molar-refractivity contribution in [1.29, 1.82) is 0 Å². The molecule has 0 spiro atoms. The van der Waals surface area contributed by atoms with E-state index in [1.807, 2.05) is 6.92 Å². The van der Waals surface area contributed by atoms with Crippen LogP contribution >= 0.6 is 12.6 Å². The summed E-state index contributed by atoms with van der Waals surface area (Å²) < 4.78 is 0. The van der Waals surface area contributed by atoms with Crippen LogP contribution in [0.25, 0.3) is 0 Å². The molecule has 1 rings (SSSR count). The highest BCUT2D eigenvalue weighted by molar-refractivity contribution is 7.96. The molecule has 0 amide bonds. The molecule has 0 heterocycles. The minimum absolute atomic E-state index is 0.00782. The monoisotopic (exact) mass is 184 g/mol. The Bertz CT molecular complexity index is 228. The molecule has 0 bridgehead atoms. The van der Waals surface area contributed by atoms with Crippen molar-refractivity contribution < 1.29 is 4.79 Å². The van der Waals surface area contributed by atoms with E-state index in [2.05, 4.69) is 32.6 Å². The second kappa shape index (κ2) is 3.25. The highest BCUT2D eigenvalue weighted by atomic mass is 32.1. The van der Waals surface area contributed by atoms with Crippen LogP contribution in [-0.2, 0) is 4.79 Å². The summed E-state index contributed by atoms with van der Waals surface area (Å²) in [5.74, 6) is 0.0228. The lowest BCUT2D eigenvalue weighted by Crippen LogP contribution is -2.32. The Morgan fingerprint density at radius 2 is 2.25 bits per heavy atom. The maximum atomic E-state index is 11.2. The van der Waals surface area contributed by atoms with E-state index >= 15 is 0 Å². The second-order valence-corrected chi connectivity index (χ2v) is 4.69. The number of hydrogen-bond acceptors (Lipinski definition) is 1. The van der Waals surface area contributed by atoms with Gasteiger partial charge in [0.25, 0.3) is 0 Å². The molecule has 12 heavy (non-hydrogen) atoms. The van der Waals surface area contributed by atoms with Gasteiger partial charge in [-0.25, -0.2) is 0 Å². The van der Waals surface area contributed by atoms with Gasteiger partial charge >= 0.3 is 0 Å². The van der Waals surface area contributed by atoms with E-state index in [1.165, 1.54) is 5.57 Å². The Kier molecular flexibility index (Phi) is 2.67. The van der Waals surface area contributed by atoms with Gasteiger partial charge in [0.05, 0.1) is 5.92 Å². The van der Waals surface area contributed by atoms with E-state index in [4.69, 9.17) is 0 Å². The Morgan fingerprint density at radius 1 is 1.67 bits per heavy atom. The van der Waals surface area contributed by atoms with Crippen LogP contribution in [0.3, 0.4) is 0 Å². The molecular weight excluding hydrogens is 168 g/mol. The number of carbonyl (C=O) groups excluding carboxylic acids is 1. The maximum absolute atomic E-state index is 11.2. The first-order chi connectivity index (χ1) is 5.45. The van der Waals surface area contributed by atoms with Gasteiger partial charge in [0, 0.05) is 0 Å². The minimum atomic E-state index is 0.00782. The molecule has 1 aliphatic carbocycles. The summed E-state index contributed by atoms with van der Waals surface area (Å²) in [5, 5.41) is 0.00782. The van der Waals surface area contributed by atoms with E-state index < -0.39 is 0 Å². The van der Waals surface area contributed by atoms with Crippen molar-refractivity contribution in [1.82, 2.24) is 0 Å². The van der Waals surface area contributed by atoms with E-state index in [0.717, 1.165) is 12.8 Å². The third-order valence-electron chi connectivity index (χ3n) is 2.74. The first-order valence-corrected chi connectivity index (χ1v) is 4.79. The third-order valence-corrected chi connectivity index (χ3v) is 3.00. The highest BCUT2D eigenvalue weighted by Crippen LogP contribution is 2.41. The zero-order valence-electron chi connectivity index (χ0n) is 7.92. The van der Waals surface area contributed by atoms with Gasteiger partial charge in [-0.2, -0.15) is 0 Å². The molecule has 1 atom stereocenters. The van der Waals surface area contributed by atoms with Gasteiger partial charge in [-0.05, 0) is 25.2 Å². The molecule has 0 aromatic rings. The molecule has 68 valence electrons. The average Bonchev–Trinajstić information content (AvgIpc) is 1.82.